The lowest BCUT2D eigenvalue weighted by Gasteiger charge is -2.18. The van der Waals surface area contributed by atoms with E-state index in [1.165, 1.54) is 12.0 Å². The first-order valence-corrected chi connectivity index (χ1v) is 10.7. The normalized spacial score (nSPS) is 15.3. The van der Waals surface area contributed by atoms with Crippen LogP contribution in [-0.4, -0.2) is 10.9 Å². The molecule has 1 aromatic rings. The predicted molar refractivity (Wildman–Crippen MR) is 121 cm³/mol. The Bertz CT molecular complexity index is 686. The van der Waals surface area contributed by atoms with Crippen molar-refractivity contribution in [1.82, 2.24) is 10.3 Å². The second-order valence-electron chi connectivity index (χ2n) is 7.53. The summed E-state index contributed by atoms with van der Waals surface area (Å²) in [5, 5.41) is 3.20. The van der Waals surface area contributed by atoms with Crippen molar-refractivity contribution in [3.63, 3.8) is 0 Å². The number of rotatable bonds is 11. The molecule has 1 amide bonds. The highest BCUT2D eigenvalue weighted by atomic mass is 16.1. The fourth-order valence-electron chi connectivity index (χ4n) is 2.96. The van der Waals surface area contributed by atoms with Crippen molar-refractivity contribution in [2.75, 3.05) is 0 Å². The Morgan fingerprint density at radius 2 is 1.89 bits per heavy atom. The quantitative estimate of drug-likeness (QED) is 0.433. The van der Waals surface area contributed by atoms with Gasteiger partial charge in [-0.05, 0) is 74.8 Å². The van der Waals surface area contributed by atoms with E-state index in [9.17, 15) is 4.79 Å². The minimum atomic E-state index is 0.0685. The number of nitrogens with zero attached hydrogens (tertiary/aromatic N) is 1. The smallest absolute Gasteiger partial charge is 0.227 e. The van der Waals surface area contributed by atoms with E-state index in [1.54, 1.807) is 6.20 Å². The molecular weight excluding hydrogens is 344 g/mol. The fourth-order valence-corrected chi connectivity index (χ4v) is 2.96. The average Bonchev–Trinajstić information content (AvgIpc) is 2.73. The molecule has 0 aliphatic rings. The molecular formula is C25H38N2O. The maximum Gasteiger partial charge on any atom is 0.227 e. The van der Waals surface area contributed by atoms with Gasteiger partial charge in [0, 0.05) is 17.8 Å². The van der Waals surface area contributed by atoms with Crippen LogP contribution in [0.5, 0.6) is 0 Å². The Hall–Kier alpha value is -2.16. The summed E-state index contributed by atoms with van der Waals surface area (Å²) in [6, 6.07) is 5.90. The average molecular weight is 383 g/mol. The van der Waals surface area contributed by atoms with Gasteiger partial charge in [0.15, 0.2) is 0 Å². The maximum atomic E-state index is 12.9. The third-order valence-electron chi connectivity index (χ3n) is 5.52. The van der Waals surface area contributed by atoms with E-state index >= 15 is 0 Å². The third kappa shape index (κ3) is 7.84. The van der Waals surface area contributed by atoms with Gasteiger partial charge < -0.3 is 5.32 Å². The lowest BCUT2D eigenvalue weighted by atomic mass is 9.93. The number of pyridine rings is 1. The topological polar surface area (TPSA) is 42.0 Å². The lowest BCUT2D eigenvalue weighted by Crippen LogP contribution is -2.30. The zero-order valence-corrected chi connectivity index (χ0v) is 18.6. The number of carbonyl (C=O) groups is 1. The first-order valence-electron chi connectivity index (χ1n) is 10.7. The molecule has 0 aromatic carbocycles. The molecule has 0 saturated heterocycles. The van der Waals surface area contributed by atoms with Crippen LogP contribution in [0, 0.1) is 11.8 Å². The Morgan fingerprint density at radius 1 is 1.14 bits per heavy atom. The van der Waals surface area contributed by atoms with E-state index in [0.29, 0.717) is 5.92 Å². The highest BCUT2D eigenvalue weighted by molar-refractivity contribution is 5.81. The minimum Gasteiger partial charge on any atom is -0.326 e. The monoisotopic (exact) mass is 382 g/mol. The molecule has 154 valence electrons. The first-order chi connectivity index (χ1) is 13.5. The van der Waals surface area contributed by atoms with Gasteiger partial charge in [-0.25, -0.2) is 0 Å². The molecule has 3 nitrogen and oxygen atoms in total. The van der Waals surface area contributed by atoms with Gasteiger partial charge in [0.25, 0.3) is 0 Å². The molecule has 0 aliphatic heterocycles. The van der Waals surface area contributed by atoms with Gasteiger partial charge in [-0.3, -0.25) is 9.78 Å². The van der Waals surface area contributed by atoms with E-state index in [2.05, 4.69) is 44.9 Å². The number of allylic oxidation sites excluding steroid dienone is 5. The van der Waals surface area contributed by atoms with Crippen molar-refractivity contribution in [1.29, 1.82) is 0 Å². The molecule has 0 saturated carbocycles. The highest BCUT2D eigenvalue weighted by Gasteiger charge is 2.18. The van der Waals surface area contributed by atoms with Gasteiger partial charge >= 0.3 is 0 Å². The highest BCUT2D eigenvalue weighted by Crippen LogP contribution is 2.20. The molecule has 2 unspecified atom stereocenters. The first kappa shape index (κ1) is 23.9. The SMILES string of the molecule is C\C=C(/C=C\C(NC(=O)C(CC)CCC(C)CC)=C(/C)CC)c1ccccn1. The van der Waals surface area contributed by atoms with Gasteiger partial charge in [-0.1, -0.05) is 52.3 Å². The predicted octanol–water partition coefficient (Wildman–Crippen LogP) is 6.69. The van der Waals surface area contributed by atoms with Crippen molar-refractivity contribution < 1.29 is 4.79 Å². The molecule has 2 atom stereocenters. The molecule has 1 N–H and O–H groups in total. The molecule has 1 rings (SSSR count). The van der Waals surface area contributed by atoms with Crippen molar-refractivity contribution in [3.05, 3.63) is 59.6 Å². The van der Waals surface area contributed by atoms with Gasteiger partial charge in [0.1, 0.15) is 0 Å². The summed E-state index contributed by atoms with van der Waals surface area (Å²) in [7, 11) is 0. The summed E-state index contributed by atoms with van der Waals surface area (Å²) in [4.78, 5) is 17.3. The summed E-state index contributed by atoms with van der Waals surface area (Å²) >= 11 is 0. The summed E-state index contributed by atoms with van der Waals surface area (Å²) < 4.78 is 0. The molecule has 0 radical (unpaired) electrons. The van der Waals surface area contributed by atoms with Crippen LogP contribution in [0.25, 0.3) is 5.57 Å². The van der Waals surface area contributed by atoms with Gasteiger partial charge in [-0.2, -0.15) is 0 Å². The van der Waals surface area contributed by atoms with Crippen LogP contribution in [0.1, 0.15) is 79.3 Å². The van der Waals surface area contributed by atoms with E-state index in [0.717, 1.165) is 42.6 Å². The zero-order chi connectivity index (χ0) is 20.9. The number of amides is 1. The Morgan fingerprint density at radius 3 is 2.43 bits per heavy atom. The Kier molecular flexibility index (Phi) is 11.2. The standard InChI is InChI=1S/C25H38N2O/c1-7-19(5)14-15-22(10-4)25(28)27-23(20(6)8-2)17-16-21(9-3)24-13-11-12-18-26-24/h9,11-13,16-19,22H,7-8,10,14-15H2,1-6H3,(H,27,28)/b17-16-,21-9+,23-20-. The van der Waals surface area contributed by atoms with Crippen molar-refractivity contribution in [2.24, 2.45) is 11.8 Å². The third-order valence-corrected chi connectivity index (χ3v) is 5.52. The minimum absolute atomic E-state index is 0.0685. The van der Waals surface area contributed by atoms with Crippen LogP contribution in [0.4, 0.5) is 0 Å². The van der Waals surface area contributed by atoms with Crippen LogP contribution >= 0.6 is 0 Å². The number of hydrogen-bond acceptors (Lipinski definition) is 2. The molecule has 1 heterocycles. The van der Waals surface area contributed by atoms with Crippen molar-refractivity contribution >= 4 is 11.5 Å². The molecule has 0 aliphatic carbocycles. The summed E-state index contributed by atoms with van der Waals surface area (Å²) in [5.74, 6) is 0.877. The lowest BCUT2D eigenvalue weighted by molar-refractivity contribution is -0.124. The van der Waals surface area contributed by atoms with Gasteiger partial charge in [-0.15, -0.1) is 0 Å². The number of nitrogens with one attached hydrogen (secondary N) is 1. The Labute approximate surface area is 172 Å². The number of hydrogen-bond donors (Lipinski definition) is 1. The van der Waals surface area contributed by atoms with Gasteiger partial charge in [0.2, 0.25) is 5.91 Å². The number of carbonyl (C=O) groups excluding carboxylic acids is 1. The Balaban J connectivity index is 2.93. The second kappa shape index (κ2) is 13.1. The van der Waals surface area contributed by atoms with E-state index < -0.39 is 0 Å². The van der Waals surface area contributed by atoms with Gasteiger partial charge in [0.05, 0.1) is 5.69 Å². The summed E-state index contributed by atoms with van der Waals surface area (Å²) in [6.45, 7) is 12.8. The van der Waals surface area contributed by atoms with E-state index in [4.69, 9.17) is 0 Å². The fraction of sp³-hybridized carbons (Fsp3) is 0.520. The van der Waals surface area contributed by atoms with Crippen molar-refractivity contribution in [2.45, 2.75) is 73.6 Å². The molecule has 1 aromatic heterocycles. The largest absolute Gasteiger partial charge is 0.326 e. The second-order valence-corrected chi connectivity index (χ2v) is 7.53. The van der Waals surface area contributed by atoms with E-state index in [-0.39, 0.29) is 11.8 Å². The van der Waals surface area contributed by atoms with Crippen LogP contribution in [-0.2, 0) is 4.79 Å². The molecule has 3 heteroatoms. The van der Waals surface area contributed by atoms with Crippen LogP contribution < -0.4 is 5.32 Å². The summed E-state index contributed by atoms with van der Waals surface area (Å²) in [6.07, 6.45) is 12.9. The molecule has 0 spiro atoms. The maximum absolute atomic E-state index is 12.9. The molecule has 28 heavy (non-hydrogen) atoms. The summed E-state index contributed by atoms with van der Waals surface area (Å²) in [5.41, 5.74) is 4.06. The molecule has 0 bridgehead atoms. The van der Waals surface area contributed by atoms with Crippen LogP contribution in [0.3, 0.4) is 0 Å². The number of aromatic nitrogens is 1. The molecule has 0 fully saturated rings. The van der Waals surface area contributed by atoms with Crippen LogP contribution in [0.15, 0.2) is 53.9 Å². The van der Waals surface area contributed by atoms with E-state index in [1.807, 2.05) is 43.4 Å². The van der Waals surface area contributed by atoms with Crippen LogP contribution in [0.2, 0.25) is 0 Å². The zero-order valence-electron chi connectivity index (χ0n) is 18.6. The van der Waals surface area contributed by atoms with Crippen molar-refractivity contribution in [3.8, 4) is 0 Å².